The summed E-state index contributed by atoms with van der Waals surface area (Å²) in [5.41, 5.74) is 0.683. The lowest BCUT2D eigenvalue weighted by Gasteiger charge is -2.10. The summed E-state index contributed by atoms with van der Waals surface area (Å²) in [7, 11) is -3.67. The summed E-state index contributed by atoms with van der Waals surface area (Å²) in [6.45, 7) is 2.74. The van der Waals surface area contributed by atoms with Crippen LogP contribution in [-0.4, -0.2) is 18.9 Å². The number of thiophene rings is 1. The van der Waals surface area contributed by atoms with Crippen LogP contribution in [0.5, 0.6) is 0 Å². The number of carbonyl (C=O) groups is 1. The van der Waals surface area contributed by atoms with Crippen LogP contribution in [0.15, 0.2) is 69.8 Å². The zero-order chi connectivity index (χ0) is 20.9. The van der Waals surface area contributed by atoms with Gasteiger partial charge < -0.3 is 9.88 Å². The maximum absolute atomic E-state index is 12.4. The molecular formula is C20H21N3O4S2. The average Bonchev–Trinajstić information content (AvgIpc) is 3.23. The Morgan fingerprint density at radius 3 is 2.52 bits per heavy atom. The van der Waals surface area contributed by atoms with Gasteiger partial charge in [0.25, 0.3) is 11.5 Å². The van der Waals surface area contributed by atoms with Crippen LogP contribution in [-0.2, 0) is 23.1 Å². The number of pyridine rings is 1. The molecule has 3 aromatic rings. The zero-order valence-corrected chi connectivity index (χ0v) is 17.4. The second-order valence-corrected chi connectivity index (χ2v) is 9.13. The Balaban J connectivity index is 1.68. The molecule has 3 rings (SSSR count). The molecule has 0 spiro atoms. The molecule has 0 aliphatic heterocycles. The van der Waals surface area contributed by atoms with Crippen molar-refractivity contribution in [2.45, 2.75) is 31.3 Å². The Hall–Kier alpha value is -2.75. The van der Waals surface area contributed by atoms with E-state index in [0.717, 1.165) is 11.3 Å². The van der Waals surface area contributed by atoms with Gasteiger partial charge in [0.2, 0.25) is 10.0 Å². The summed E-state index contributed by atoms with van der Waals surface area (Å²) in [6, 6.07) is 12.3. The van der Waals surface area contributed by atoms with Crippen LogP contribution in [0.25, 0.3) is 0 Å². The van der Waals surface area contributed by atoms with Crippen molar-refractivity contribution in [3.8, 4) is 0 Å². The van der Waals surface area contributed by atoms with Gasteiger partial charge in [-0.3, -0.25) is 9.59 Å². The monoisotopic (exact) mass is 431 g/mol. The largest absolute Gasteiger partial charge is 0.321 e. The molecule has 1 amide bonds. The van der Waals surface area contributed by atoms with Crippen molar-refractivity contribution in [1.29, 1.82) is 0 Å². The number of hydrogen-bond acceptors (Lipinski definition) is 5. The van der Waals surface area contributed by atoms with E-state index in [1.807, 2.05) is 24.4 Å². The second kappa shape index (κ2) is 9.17. The molecule has 0 bridgehead atoms. The van der Waals surface area contributed by atoms with E-state index >= 15 is 0 Å². The second-order valence-electron chi connectivity index (χ2n) is 6.33. The molecular weight excluding hydrogens is 410 g/mol. The van der Waals surface area contributed by atoms with Gasteiger partial charge in [-0.15, -0.1) is 11.3 Å². The minimum Gasteiger partial charge on any atom is -0.321 e. The van der Waals surface area contributed by atoms with Gasteiger partial charge in [0.1, 0.15) is 0 Å². The predicted octanol–water partition coefficient (Wildman–Crippen LogP) is 3.05. The summed E-state index contributed by atoms with van der Waals surface area (Å²) in [5.74, 6) is -0.387. The van der Waals surface area contributed by atoms with Gasteiger partial charge in [-0.25, -0.2) is 13.1 Å². The first-order chi connectivity index (χ1) is 13.9. The molecule has 2 N–H and O–H groups in total. The topological polar surface area (TPSA) is 97.3 Å². The van der Waals surface area contributed by atoms with E-state index in [1.54, 1.807) is 12.3 Å². The minimum absolute atomic E-state index is 0.0853. The lowest BCUT2D eigenvalue weighted by molar-refractivity contribution is 0.102. The fraction of sp³-hybridized carbons (Fsp3) is 0.200. The first-order valence-corrected chi connectivity index (χ1v) is 11.4. The summed E-state index contributed by atoms with van der Waals surface area (Å²) in [4.78, 5) is 25.2. The van der Waals surface area contributed by atoms with E-state index in [0.29, 0.717) is 17.8 Å². The zero-order valence-electron chi connectivity index (χ0n) is 15.8. The predicted molar refractivity (Wildman–Crippen MR) is 114 cm³/mol. The Labute approximate surface area is 173 Å². The normalized spacial score (nSPS) is 11.3. The van der Waals surface area contributed by atoms with Gasteiger partial charge >= 0.3 is 0 Å². The van der Waals surface area contributed by atoms with Gasteiger partial charge in [0, 0.05) is 35.8 Å². The molecule has 0 aliphatic rings. The van der Waals surface area contributed by atoms with E-state index < -0.39 is 10.0 Å². The number of nitrogens with one attached hydrogen (secondary N) is 2. The number of aromatic nitrogens is 1. The maximum atomic E-state index is 12.4. The molecule has 2 heterocycles. The number of rotatable bonds is 8. The number of anilines is 1. The van der Waals surface area contributed by atoms with E-state index in [-0.39, 0.29) is 22.9 Å². The maximum Gasteiger partial charge on any atom is 0.255 e. The van der Waals surface area contributed by atoms with Crippen LogP contribution in [0.1, 0.15) is 28.6 Å². The fourth-order valence-corrected chi connectivity index (χ4v) is 4.41. The Morgan fingerprint density at radius 2 is 1.86 bits per heavy atom. The highest BCUT2D eigenvalue weighted by Gasteiger charge is 2.15. The van der Waals surface area contributed by atoms with Crippen LogP contribution in [0.4, 0.5) is 5.69 Å². The molecule has 1 aromatic carbocycles. The van der Waals surface area contributed by atoms with Crippen molar-refractivity contribution >= 4 is 33.0 Å². The number of carbonyl (C=O) groups excluding carboxylic acids is 1. The summed E-state index contributed by atoms with van der Waals surface area (Å²) >= 11 is 1.47. The molecule has 152 valence electrons. The Bertz CT molecular complexity index is 1140. The molecule has 0 radical (unpaired) electrons. The molecule has 0 unspecified atom stereocenters. The van der Waals surface area contributed by atoms with Crippen LogP contribution in [0.2, 0.25) is 0 Å². The molecule has 0 aliphatic carbocycles. The summed E-state index contributed by atoms with van der Waals surface area (Å²) in [5, 5.41) is 4.60. The molecule has 0 saturated carbocycles. The quantitative estimate of drug-likeness (QED) is 0.573. The van der Waals surface area contributed by atoms with Gasteiger partial charge in [-0.1, -0.05) is 13.0 Å². The van der Waals surface area contributed by atoms with Gasteiger partial charge in [-0.2, -0.15) is 0 Å². The van der Waals surface area contributed by atoms with Crippen molar-refractivity contribution in [1.82, 2.24) is 9.29 Å². The van der Waals surface area contributed by atoms with Gasteiger partial charge in [0.15, 0.2) is 0 Å². The average molecular weight is 432 g/mol. The van der Waals surface area contributed by atoms with E-state index in [2.05, 4.69) is 10.0 Å². The van der Waals surface area contributed by atoms with E-state index in [9.17, 15) is 18.0 Å². The molecule has 2 aromatic heterocycles. The highest BCUT2D eigenvalue weighted by atomic mass is 32.2. The van der Waals surface area contributed by atoms with Gasteiger partial charge in [0.05, 0.1) is 10.6 Å². The first-order valence-electron chi connectivity index (χ1n) is 9.03. The van der Waals surface area contributed by atoms with Crippen molar-refractivity contribution in [2.24, 2.45) is 0 Å². The molecule has 0 fully saturated rings. The van der Waals surface area contributed by atoms with E-state index in [1.165, 1.54) is 46.2 Å². The molecule has 0 atom stereocenters. The smallest absolute Gasteiger partial charge is 0.255 e. The van der Waals surface area contributed by atoms with Gasteiger partial charge in [-0.05, 0) is 48.2 Å². The van der Waals surface area contributed by atoms with Crippen LogP contribution >= 0.6 is 11.3 Å². The van der Waals surface area contributed by atoms with Crippen LogP contribution in [0.3, 0.4) is 0 Å². The molecule has 9 heteroatoms. The fourth-order valence-electron chi connectivity index (χ4n) is 2.67. The van der Waals surface area contributed by atoms with Crippen molar-refractivity contribution in [3.05, 3.63) is 80.9 Å². The van der Waals surface area contributed by atoms with Crippen LogP contribution < -0.4 is 15.6 Å². The Morgan fingerprint density at radius 1 is 1.10 bits per heavy atom. The third-order valence-electron chi connectivity index (χ3n) is 4.15. The molecule has 7 nitrogen and oxygen atoms in total. The third-order valence-corrected chi connectivity index (χ3v) is 6.44. The number of sulfonamides is 1. The van der Waals surface area contributed by atoms with Crippen molar-refractivity contribution in [3.63, 3.8) is 0 Å². The number of aryl methyl sites for hydroxylation is 1. The van der Waals surface area contributed by atoms with E-state index in [4.69, 9.17) is 0 Å². The SMILES string of the molecule is CCCn1cc(NC(=O)c2ccc(S(=O)(=O)NCc3cccs3)cc2)ccc1=O. The lowest BCUT2D eigenvalue weighted by Crippen LogP contribution is -2.23. The highest BCUT2D eigenvalue weighted by Crippen LogP contribution is 2.14. The molecule has 0 saturated heterocycles. The summed E-state index contributed by atoms with van der Waals surface area (Å²) < 4.78 is 28.9. The number of benzene rings is 1. The van der Waals surface area contributed by atoms with Crippen LogP contribution in [0, 0.1) is 0 Å². The molecule has 29 heavy (non-hydrogen) atoms. The summed E-state index contributed by atoms with van der Waals surface area (Å²) in [6.07, 6.45) is 2.39. The highest BCUT2D eigenvalue weighted by molar-refractivity contribution is 7.89. The number of nitrogens with zero attached hydrogens (tertiary/aromatic N) is 1. The number of amides is 1. The minimum atomic E-state index is -3.67. The lowest BCUT2D eigenvalue weighted by atomic mass is 10.2. The third kappa shape index (κ3) is 5.41. The number of hydrogen-bond donors (Lipinski definition) is 2. The standard InChI is InChI=1S/C20H21N3O4S2/c1-2-11-23-14-16(7-10-19(23)24)22-20(25)15-5-8-18(9-6-15)29(26,27)21-13-17-4-3-12-28-17/h3-10,12,14,21H,2,11,13H2,1H3,(H,22,25). The Kier molecular flexibility index (Phi) is 6.63. The first kappa shape index (κ1) is 21.0. The van der Waals surface area contributed by atoms with Crippen molar-refractivity contribution in [2.75, 3.05) is 5.32 Å². The van der Waals surface area contributed by atoms with Crippen molar-refractivity contribution < 1.29 is 13.2 Å².